The molecular weight excluding hydrogens is 427 g/mol. The zero-order valence-corrected chi connectivity index (χ0v) is 18.1. The van der Waals surface area contributed by atoms with E-state index >= 15 is 0 Å². The molecule has 0 spiro atoms. The number of hydrogen-bond acceptors (Lipinski definition) is 3. The molecule has 3 aromatic carbocycles. The van der Waals surface area contributed by atoms with Crippen molar-refractivity contribution < 1.29 is 14.2 Å². The molecule has 0 bridgehead atoms. The average molecular weight is 453 g/mol. The number of hydrogen-bond donors (Lipinski definition) is 0. The van der Waals surface area contributed by atoms with Crippen molar-refractivity contribution >= 4 is 19.4 Å². The summed E-state index contributed by atoms with van der Waals surface area (Å²) in [6.45, 7) is 2.48. The first kappa shape index (κ1) is 20.3. The molecule has 1 heterocycles. The molecule has 3 aromatic rings. The van der Waals surface area contributed by atoms with Crippen LogP contribution in [-0.2, 0) is 27.4 Å². The van der Waals surface area contributed by atoms with E-state index in [2.05, 4.69) is 66.7 Å². The molecule has 1 fully saturated rings. The van der Waals surface area contributed by atoms with E-state index in [0.29, 0.717) is 39.6 Å². The van der Waals surface area contributed by atoms with Gasteiger partial charge in [0.2, 0.25) is 0 Å². The van der Waals surface area contributed by atoms with Crippen LogP contribution in [0, 0.1) is 0 Å². The maximum absolute atomic E-state index is 6.40. The van der Waals surface area contributed by atoms with Crippen molar-refractivity contribution in [2.45, 2.75) is 30.2 Å². The van der Waals surface area contributed by atoms with Gasteiger partial charge in [0.1, 0.15) is 0 Å². The molecule has 0 N–H and O–H groups in total. The third-order valence-electron chi connectivity index (χ3n) is 4.92. The monoisotopic (exact) mass is 454 g/mol. The Morgan fingerprint density at radius 2 is 1.34 bits per heavy atom. The SMILES string of the molecule is c1ccc(COC[C@H]2OCC([Se]c3ccccc3)[C@@H]2OCc2ccccc2)cc1. The Balaban J connectivity index is 1.38. The Kier molecular flexibility index (Phi) is 7.52. The van der Waals surface area contributed by atoms with Crippen LogP contribution < -0.4 is 4.46 Å². The first-order valence-corrected chi connectivity index (χ1v) is 11.8. The van der Waals surface area contributed by atoms with Crippen LogP contribution >= 0.6 is 0 Å². The second-order valence-corrected chi connectivity index (χ2v) is 9.86. The first-order valence-electron chi connectivity index (χ1n) is 9.99. The summed E-state index contributed by atoms with van der Waals surface area (Å²) in [6, 6.07) is 31.3. The topological polar surface area (TPSA) is 27.7 Å². The molecule has 3 atom stereocenters. The van der Waals surface area contributed by atoms with Gasteiger partial charge in [-0.2, -0.15) is 0 Å². The Hall–Kier alpha value is -1.94. The molecule has 1 aliphatic rings. The van der Waals surface area contributed by atoms with Gasteiger partial charge in [0.05, 0.1) is 0 Å². The van der Waals surface area contributed by atoms with Crippen molar-refractivity contribution in [3.05, 3.63) is 102 Å². The van der Waals surface area contributed by atoms with E-state index in [1.807, 2.05) is 24.3 Å². The summed E-state index contributed by atoms with van der Waals surface area (Å²) >= 11 is 0.302. The molecule has 1 unspecified atom stereocenters. The Morgan fingerprint density at radius 3 is 2.00 bits per heavy atom. The fraction of sp³-hybridized carbons (Fsp3) is 0.280. The molecular formula is C25H26O3Se. The van der Waals surface area contributed by atoms with Crippen LogP contribution in [0.25, 0.3) is 0 Å². The molecule has 0 aliphatic carbocycles. The fourth-order valence-electron chi connectivity index (χ4n) is 3.41. The van der Waals surface area contributed by atoms with Gasteiger partial charge in [0, 0.05) is 0 Å². The minimum atomic E-state index is -0.0296. The van der Waals surface area contributed by atoms with E-state index in [4.69, 9.17) is 14.2 Å². The van der Waals surface area contributed by atoms with Crippen molar-refractivity contribution in [3.8, 4) is 0 Å². The van der Waals surface area contributed by atoms with Crippen LogP contribution in [0.5, 0.6) is 0 Å². The standard InChI is InChI=1S/C25H26O3Se/c1-4-10-20(11-5-1)16-26-18-23-25(28-17-21-12-6-2-7-13-21)24(19-27-23)29-22-14-8-3-9-15-22/h1-15,23-25H,16-19H2/t23-,24?,25-/m1/s1. The molecule has 4 rings (SSSR count). The van der Waals surface area contributed by atoms with Crippen molar-refractivity contribution in [2.24, 2.45) is 0 Å². The van der Waals surface area contributed by atoms with Gasteiger partial charge in [-0.05, 0) is 0 Å². The van der Waals surface area contributed by atoms with Crippen LogP contribution in [0.1, 0.15) is 11.1 Å². The first-order chi connectivity index (χ1) is 14.4. The molecule has 1 aliphatic heterocycles. The third kappa shape index (κ3) is 6.02. The van der Waals surface area contributed by atoms with Crippen LogP contribution in [0.4, 0.5) is 0 Å². The fourth-order valence-corrected chi connectivity index (χ4v) is 5.93. The third-order valence-corrected chi connectivity index (χ3v) is 7.54. The second kappa shape index (κ2) is 10.7. The summed E-state index contributed by atoms with van der Waals surface area (Å²) in [4.78, 5) is 0.388. The van der Waals surface area contributed by atoms with Crippen LogP contribution in [0.3, 0.4) is 0 Å². The molecule has 4 heteroatoms. The quantitative estimate of drug-likeness (QED) is 0.459. The molecule has 0 saturated carbocycles. The molecule has 29 heavy (non-hydrogen) atoms. The summed E-state index contributed by atoms with van der Waals surface area (Å²) < 4.78 is 19.9. The Bertz CT molecular complexity index is 842. The van der Waals surface area contributed by atoms with Gasteiger partial charge >= 0.3 is 179 Å². The van der Waals surface area contributed by atoms with Crippen molar-refractivity contribution in [2.75, 3.05) is 13.2 Å². The maximum atomic E-state index is 6.40. The molecule has 0 amide bonds. The molecule has 0 radical (unpaired) electrons. The van der Waals surface area contributed by atoms with E-state index in [1.165, 1.54) is 15.6 Å². The Morgan fingerprint density at radius 1 is 0.759 bits per heavy atom. The second-order valence-electron chi connectivity index (χ2n) is 7.10. The van der Waals surface area contributed by atoms with Crippen molar-refractivity contribution in [1.82, 2.24) is 0 Å². The summed E-state index contributed by atoms with van der Waals surface area (Å²) in [5.74, 6) is 0. The number of ether oxygens (including phenoxy) is 3. The van der Waals surface area contributed by atoms with Crippen LogP contribution in [0.15, 0.2) is 91.0 Å². The van der Waals surface area contributed by atoms with Crippen molar-refractivity contribution in [3.63, 3.8) is 0 Å². The number of benzene rings is 3. The van der Waals surface area contributed by atoms with Gasteiger partial charge < -0.3 is 0 Å². The average Bonchev–Trinajstić information content (AvgIpc) is 3.16. The van der Waals surface area contributed by atoms with E-state index < -0.39 is 0 Å². The summed E-state index contributed by atoms with van der Waals surface area (Å²) in [6.07, 6.45) is 0.0178. The van der Waals surface area contributed by atoms with E-state index in [9.17, 15) is 0 Å². The van der Waals surface area contributed by atoms with E-state index in [0.717, 1.165) is 6.61 Å². The number of rotatable bonds is 9. The molecule has 0 aromatic heterocycles. The summed E-state index contributed by atoms with van der Waals surface area (Å²) in [7, 11) is 0. The zero-order valence-electron chi connectivity index (χ0n) is 16.4. The normalized spacial score (nSPS) is 21.3. The Labute approximate surface area is 179 Å². The predicted octanol–water partition coefficient (Wildman–Crippen LogP) is 4.01. The molecule has 150 valence electrons. The van der Waals surface area contributed by atoms with Gasteiger partial charge in [0.15, 0.2) is 0 Å². The molecule has 3 nitrogen and oxygen atoms in total. The van der Waals surface area contributed by atoms with Gasteiger partial charge in [-0.1, -0.05) is 0 Å². The molecule has 1 saturated heterocycles. The van der Waals surface area contributed by atoms with E-state index in [1.54, 1.807) is 0 Å². The van der Waals surface area contributed by atoms with Gasteiger partial charge in [-0.3, -0.25) is 0 Å². The van der Waals surface area contributed by atoms with Gasteiger partial charge in [-0.25, -0.2) is 0 Å². The summed E-state index contributed by atoms with van der Waals surface area (Å²) in [5.41, 5.74) is 2.37. The van der Waals surface area contributed by atoms with Crippen LogP contribution in [-0.4, -0.2) is 40.4 Å². The summed E-state index contributed by atoms with van der Waals surface area (Å²) in [5, 5.41) is 0. The van der Waals surface area contributed by atoms with E-state index in [-0.39, 0.29) is 12.2 Å². The van der Waals surface area contributed by atoms with Gasteiger partial charge in [-0.15, -0.1) is 0 Å². The van der Waals surface area contributed by atoms with Crippen molar-refractivity contribution in [1.29, 1.82) is 0 Å². The van der Waals surface area contributed by atoms with Gasteiger partial charge in [0.25, 0.3) is 0 Å². The van der Waals surface area contributed by atoms with Crippen LogP contribution in [0.2, 0.25) is 4.82 Å². The zero-order chi connectivity index (χ0) is 19.7. The minimum absolute atomic E-state index is 0.0296. The predicted molar refractivity (Wildman–Crippen MR) is 116 cm³/mol.